The van der Waals surface area contributed by atoms with Crippen LogP contribution in [-0.4, -0.2) is 11.3 Å². The van der Waals surface area contributed by atoms with Crippen molar-refractivity contribution in [3.8, 4) is 0 Å². The van der Waals surface area contributed by atoms with E-state index >= 15 is 0 Å². The molecule has 1 amide bonds. The fraction of sp³-hybridized carbons (Fsp3) is 0.417. The highest BCUT2D eigenvalue weighted by Gasteiger charge is 2.13. The van der Waals surface area contributed by atoms with Crippen molar-refractivity contribution in [1.29, 1.82) is 0 Å². The molecule has 3 heteroatoms. The van der Waals surface area contributed by atoms with Crippen molar-refractivity contribution in [1.82, 2.24) is 0 Å². The molecular formula is C12H16ClNO. The summed E-state index contributed by atoms with van der Waals surface area (Å²) in [5, 5.41) is -0.608. The molecule has 15 heavy (non-hydrogen) atoms. The van der Waals surface area contributed by atoms with Gasteiger partial charge in [-0.2, -0.15) is 0 Å². The molecule has 0 aliphatic carbocycles. The lowest BCUT2D eigenvalue weighted by molar-refractivity contribution is -0.117. The number of hydrogen-bond donors (Lipinski definition) is 1. The summed E-state index contributed by atoms with van der Waals surface area (Å²) in [6, 6.07) is 8.04. The molecular weight excluding hydrogens is 210 g/mol. The molecule has 2 nitrogen and oxygen atoms in total. The Bertz CT molecular complexity index is 338. The maximum absolute atomic E-state index is 10.9. The van der Waals surface area contributed by atoms with Gasteiger partial charge in [-0.25, -0.2) is 0 Å². The third-order valence-corrected chi connectivity index (χ3v) is 2.71. The van der Waals surface area contributed by atoms with Crippen LogP contribution in [0.25, 0.3) is 0 Å². The first-order valence-electron chi connectivity index (χ1n) is 5.15. The Kier molecular flexibility index (Phi) is 4.63. The molecule has 0 heterocycles. The Morgan fingerprint density at radius 1 is 1.40 bits per heavy atom. The molecule has 0 aliphatic heterocycles. The summed E-state index contributed by atoms with van der Waals surface area (Å²) in [5.41, 5.74) is 7.52. The van der Waals surface area contributed by atoms with Crippen LogP contribution in [0, 0.1) is 0 Å². The Hall–Kier alpha value is -1.02. The highest BCUT2D eigenvalue weighted by atomic mass is 35.5. The number of amides is 1. The SMILES string of the molecule is CCCc1ccccc1CC(Cl)C(N)=O. The van der Waals surface area contributed by atoms with E-state index in [1.165, 1.54) is 5.56 Å². The molecule has 1 aromatic carbocycles. The van der Waals surface area contributed by atoms with Crippen molar-refractivity contribution >= 4 is 17.5 Å². The molecule has 0 saturated carbocycles. The topological polar surface area (TPSA) is 43.1 Å². The predicted octanol–water partition coefficient (Wildman–Crippen LogP) is 2.27. The zero-order valence-electron chi connectivity index (χ0n) is 8.87. The lowest BCUT2D eigenvalue weighted by atomic mass is 9.99. The zero-order valence-corrected chi connectivity index (χ0v) is 9.63. The lowest BCUT2D eigenvalue weighted by Gasteiger charge is -2.10. The van der Waals surface area contributed by atoms with Gasteiger partial charge in [-0.1, -0.05) is 37.6 Å². The van der Waals surface area contributed by atoms with Crippen LogP contribution in [-0.2, 0) is 17.6 Å². The summed E-state index contributed by atoms with van der Waals surface area (Å²) in [4.78, 5) is 10.9. The molecule has 1 atom stereocenters. The Labute approximate surface area is 95.4 Å². The van der Waals surface area contributed by atoms with Gasteiger partial charge in [0.25, 0.3) is 0 Å². The van der Waals surface area contributed by atoms with Gasteiger partial charge in [-0.05, 0) is 24.0 Å². The second kappa shape index (κ2) is 5.76. The monoisotopic (exact) mass is 225 g/mol. The number of carbonyl (C=O) groups is 1. The van der Waals surface area contributed by atoms with E-state index in [0.29, 0.717) is 6.42 Å². The third kappa shape index (κ3) is 3.56. The van der Waals surface area contributed by atoms with E-state index in [9.17, 15) is 4.79 Å². The van der Waals surface area contributed by atoms with Crippen molar-refractivity contribution in [2.24, 2.45) is 5.73 Å². The minimum Gasteiger partial charge on any atom is -0.368 e. The molecule has 0 bridgehead atoms. The van der Waals surface area contributed by atoms with Crippen LogP contribution in [0.5, 0.6) is 0 Å². The van der Waals surface area contributed by atoms with Gasteiger partial charge < -0.3 is 5.73 Å². The van der Waals surface area contributed by atoms with Gasteiger partial charge in [0.2, 0.25) is 5.91 Å². The number of rotatable bonds is 5. The molecule has 82 valence electrons. The van der Waals surface area contributed by atoms with Crippen molar-refractivity contribution in [2.45, 2.75) is 31.6 Å². The van der Waals surface area contributed by atoms with E-state index in [1.807, 2.05) is 18.2 Å². The summed E-state index contributed by atoms with van der Waals surface area (Å²) < 4.78 is 0. The quantitative estimate of drug-likeness (QED) is 0.768. The molecule has 0 fully saturated rings. The van der Waals surface area contributed by atoms with E-state index < -0.39 is 11.3 Å². The Morgan fingerprint density at radius 3 is 2.53 bits per heavy atom. The second-order valence-electron chi connectivity index (χ2n) is 3.59. The molecule has 0 saturated heterocycles. The van der Waals surface area contributed by atoms with Gasteiger partial charge in [0.05, 0.1) is 0 Å². The largest absolute Gasteiger partial charge is 0.368 e. The smallest absolute Gasteiger partial charge is 0.235 e. The zero-order chi connectivity index (χ0) is 11.3. The van der Waals surface area contributed by atoms with Crippen molar-refractivity contribution in [3.63, 3.8) is 0 Å². The van der Waals surface area contributed by atoms with Crippen LogP contribution in [0.2, 0.25) is 0 Å². The molecule has 1 unspecified atom stereocenters. The Balaban J connectivity index is 2.79. The van der Waals surface area contributed by atoms with Gasteiger partial charge in [-0.15, -0.1) is 11.6 Å². The summed E-state index contributed by atoms with van der Waals surface area (Å²) >= 11 is 5.85. The second-order valence-corrected chi connectivity index (χ2v) is 4.12. The first-order chi connectivity index (χ1) is 7.15. The number of alkyl halides is 1. The van der Waals surface area contributed by atoms with Gasteiger partial charge >= 0.3 is 0 Å². The van der Waals surface area contributed by atoms with Crippen LogP contribution in [0.1, 0.15) is 24.5 Å². The molecule has 0 aromatic heterocycles. The summed E-state index contributed by atoms with van der Waals surface area (Å²) in [6.45, 7) is 2.13. The van der Waals surface area contributed by atoms with Crippen LogP contribution in [0.3, 0.4) is 0 Å². The minimum absolute atomic E-state index is 0.456. The average Bonchev–Trinajstić information content (AvgIpc) is 2.21. The van der Waals surface area contributed by atoms with Crippen LogP contribution >= 0.6 is 11.6 Å². The van der Waals surface area contributed by atoms with E-state index in [4.69, 9.17) is 17.3 Å². The number of carbonyl (C=O) groups excluding carboxylic acids is 1. The molecule has 1 rings (SSSR count). The number of hydrogen-bond acceptors (Lipinski definition) is 1. The number of nitrogens with two attached hydrogens (primary N) is 1. The van der Waals surface area contributed by atoms with E-state index in [0.717, 1.165) is 18.4 Å². The summed E-state index contributed by atoms with van der Waals surface area (Å²) in [5.74, 6) is -0.456. The molecule has 2 N–H and O–H groups in total. The van der Waals surface area contributed by atoms with Gasteiger partial charge in [0.1, 0.15) is 5.38 Å². The normalized spacial score (nSPS) is 12.4. The molecule has 0 radical (unpaired) electrons. The third-order valence-electron chi connectivity index (χ3n) is 2.35. The maximum atomic E-state index is 10.9. The van der Waals surface area contributed by atoms with Gasteiger partial charge in [0, 0.05) is 0 Å². The first kappa shape index (κ1) is 12.1. The Morgan fingerprint density at radius 2 is 2.00 bits per heavy atom. The lowest BCUT2D eigenvalue weighted by Crippen LogP contribution is -2.25. The maximum Gasteiger partial charge on any atom is 0.235 e. The number of primary amides is 1. The first-order valence-corrected chi connectivity index (χ1v) is 5.59. The molecule has 0 spiro atoms. The van der Waals surface area contributed by atoms with Crippen molar-refractivity contribution in [3.05, 3.63) is 35.4 Å². The summed E-state index contributed by atoms with van der Waals surface area (Å²) in [6.07, 6.45) is 2.62. The van der Waals surface area contributed by atoms with E-state index in [1.54, 1.807) is 0 Å². The molecule has 0 aliphatic rings. The van der Waals surface area contributed by atoms with Gasteiger partial charge in [0.15, 0.2) is 0 Å². The van der Waals surface area contributed by atoms with Crippen LogP contribution < -0.4 is 5.73 Å². The summed E-state index contributed by atoms with van der Waals surface area (Å²) in [7, 11) is 0. The van der Waals surface area contributed by atoms with E-state index in [2.05, 4.69) is 13.0 Å². The van der Waals surface area contributed by atoms with Crippen LogP contribution in [0.15, 0.2) is 24.3 Å². The van der Waals surface area contributed by atoms with Crippen molar-refractivity contribution in [2.75, 3.05) is 0 Å². The minimum atomic E-state index is -0.608. The van der Waals surface area contributed by atoms with E-state index in [-0.39, 0.29) is 0 Å². The number of aryl methyl sites for hydroxylation is 1. The molecule has 1 aromatic rings. The predicted molar refractivity (Wildman–Crippen MR) is 63.0 cm³/mol. The van der Waals surface area contributed by atoms with Gasteiger partial charge in [-0.3, -0.25) is 4.79 Å². The van der Waals surface area contributed by atoms with Crippen LogP contribution in [0.4, 0.5) is 0 Å². The highest BCUT2D eigenvalue weighted by molar-refractivity contribution is 6.30. The number of benzene rings is 1. The number of halogens is 1. The fourth-order valence-corrected chi connectivity index (χ4v) is 1.73. The highest BCUT2D eigenvalue weighted by Crippen LogP contribution is 2.15. The average molecular weight is 226 g/mol. The van der Waals surface area contributed by atoms with Crippen molar-refractivity contribution < 1.29 is 4.79 Å². The fourth-order valence-electron chi connectivity index (χ4n) is 1.56. The standard InChI is InChI=1S/C12H16ClNO/c1-2-5-9-6-3-4-7-10(9)8-11(13)12(14)15/h3-4,6-7,11H,2,5,8H2,1H3,(H2,14,15).